The summed E-state index contributed by atoms with van der Waals surface area (Å²) >= 11 is 0. The van der Waals surface area contributed by atoms with Gasteiger partial charge >= 0.3 is 0 Å². The van der Waals surface area contributed by atoms with Gasteiger partial charge in [-0.3, -0.25) is 4.79 Å². The average Bonchev–Trinajstić information content (AvgIpc) is 3.05. The molecule has 0 saturated heterocycles. The molecule has 4 N–H and O–H groups in total. The van der Waals surface area contributed by atoms with Crippen LogP contribution in [0.3, 0.4) is 0 Å². The largest absolute Gasteiger partial charge is 0.454 e. The fourth-order valence-corrected chi connectivity index (χ4v) is 1.81. The highest BCUT2D eigenvalue weighted by Gasteiger charge is 2.19. The van der Waals surface area contributed by atoms with Gasteiger partial charge in [0.05, 0.1) is 12.1 Å². The molecule has 0 fully saturated rings. The number of ether oxygens (including phenoxy) is 2. The normalized spacial score (nSPS) is 12.4. The molecule has 7 heteroatoms. The summed E-state index contributed by atoms with van der Waals surface area (Å²) in [5, 5.41) is 2.72. The van der Waals surface area contributed by atoms with Gasteiger partial charge in [-0.05, 0) is 6.07 Å². The number of fused-ring (bicyclic) bond motifs is 1. The Kier molecular flexibility index (Phi) is 2.71. The number of aromatic nitrogens is 2. The maximum Gasteiger partial charge on any atom is 0.253 e. The van der Waals surface area contributed by atoms with Gasteiger partial charge in [0.15, 0.2) is 11.5 Å². The molecule has 0 atom stereocenters. The second kappa shape index (κ2) is 4.52. The summed E-state index contributed by atoms with van der Waals surface area (Å²) in [6.07, 6.45) is 3.31. The molecule has 98 valence electrons. The number of nitrogen functional groups attached to an aromatic ring is 1. The van der Waals surface area contributed by atoms with Crippen LogP contribution in [0.1, 0.15) is 16.2 Å². The maximum absolute atomic E-state index is 12.0. The number of hydrogen-bond acceptors (Lipinski definition) is 5. The number of aromatic amines is 1. The Hall–Kier alpha value is -2.70. The molecule has 1 aromatic carbocycles. The lowest BCUT2D eigenvalue weighted by Gasteiger charge is -2.07. The molecule has 2 heterocycles. The number of carbonyl (C=O) groups excluding carboxylic acids is 1. The van der Waals surface area contributed by atoms with Crippen molar-refractivity contribution < 1.29 is 14.3 Å². The molecular formula is C12H12N4O3. The van der Waals surface area contributed by atoms with Crippen LogP contribution in [0, 0.1) is 0 Å². The van der Waals surface area contributed by atoms with Crippen LogP contribution in [-0.2, 0) is 6.54 Å². The molecule has 0 bridgehead atoms. The van der Waals surface area contributed by atoms with Crippen LogP contribution < -0.4 is 20.5 Å². The number of benzene rings is 1. The van der Waals surface area contributed by atoms with Gasteiger partial charge in [-0.1, -0.05) is 0 Å². The van der Waals surface area contributed by atoms with Crippen LogP contribution in [0.2, 0.25) is 0 Å². The van der Waals surface area contributed by atoms with Gasteiger partial charge in [-0.2, -0.15) is 0 Å². The molecule has 0 spiro atoms. The molecule has 1 aromatic heterocycles. The van der Waals surface area contributed by atoms with Crippen molar-refractivity contribution in [3.05, 3.63) is 35.9 Å². The Balaban J connectivity index is 1.76. The van der Waals surface area contributed by atoms with Crippen molar-refractivity contribution in [2.24, 2.45) is 0 Å². The summed E-state index contributed by atoms with van der Waals surface area (Å²) in [6.45, 7) is 0.450. The van der Waals surface area contributed by atoms with Crippen LogP contribution in [0.5, 0.6) is 11.5 Å². The van der Waals surface area contributed by atoms with Gasteiger partial charge in [-0.25, -0.2) is 4.98 Å². The summed E-state index contributed by atoms with van der Waals surface area (Å²) in [4.78, 5) is 18.9. The Morgan fingerprint density at radius 3 is 2.95 bits per heavy atom. The molecule has 0 unspecified atom stereocenters. The van der Waals surface area contributed by atoms with Crippen LogP contribution in [0.4, 0.5) is 5.69 Å². The molecule has 1 aliphatic rings. The lowest BCUT2D eigenvalue weighted by Crippen LogP contribution is -2.24. The summed E-state index contributed by atoms with van der Waals surface area (Å²) in [6, 6.07) is 3.17. The zero-order valence-electron chi connectivity index (χ0n) is 9.97. The van der Waals surface area contributed by atoms with Gasteiger partial charge in [0, 0.05) is 24.1 Å². The first kappa shape index (κ1) is 11.4. The predicted molar refractivity (Wildman–Crippen MR) is 66.7 cm³/mol. The average molecular weight is 260 g/mol. The van der Waals surface area contributed by atoms with E-state index in [1.54, 1.807) is 24.5 Å². The lowest BCUT2D eigenvalue weighted by molar-refractivity contribution is 0.0950. The van der Waals surface area contributed by atoms with Crippen molar-refractivity contribution >= 4 is 11.6 Å². The van der Waals surface area contributed by atoms with E-state index in [-0.39, 0.29) is 12.7 Å². The van der Waals surface area contributed by atoms with Crippen molar-refractivity contribution in [3.63, 3.8) is 0 Å². The second-order valence-corrected chi connectivity index (χ2v) is 4.01. The first-order chi connectivity index (χ1) is 9.24. The summed E-state index contributed by atoms with van der Waals surface area (Å²) in [7, 11) is 0. The fourth-order valence-electron chi connectivity index (χ4n) is 1.81. The molecule has 1 aliphatic heterocycles. The van der Waals surface area contributed by atoms with E-state index in [2.05, 4.69) is 15.3 Å². The zero-order chi connectivity index (χ0) is 13.2. The summed E-state index contributed by atoms with van der Waals surface area (Å²) in [5.41, 5.74) is 6.53. The topological polar surface area (TPSA) is 102 Å². The molecule has 3 rings (SSSR count). The first-order valence-corrected chi connectivity index (χ1v) is 5.69. The Morgan fingerprint density at radius 2 is 2.21 bits per heavy atom. The molecule has 2 aromatic rings. The number of amides is 1. The molecule has 0 aliphatic carbocycles. The SMILES string of the molecule is Nc1cc2c(cc1C(=O)NCc1ncc[nH]1)OCO2. The number of hydrogen-bond donors (Lipinski definition) is 3. The van der Waals surface area contributed by atoms with Gasteiger partial charge in [0.25, 0.3) is 5.91 Å². The minimum atomic E-state index is -0.285. The smallest absolute Gasteiger partial charge is 0.253 e. The maximum atomic E-state index is 12.0. The Bertz CT molecular complexity index is 610. The molecule has 0 radical (unpaired) electrons. The Morgan fingerprint density at radius 1 is 1.42 bits per heavy atom. The molecule has 1 amide bonds. The minimum Gasteiger partial charge on any atom is -0.454 e. The molecule has 7 nitrogen and oxygen atoms in total. The first-order valence-electron chi connectivity index (χ1n) is 5.69. The lowest BCUT2D eigenvalue weighted by atomic mass is 10.1. The quantitative estimate of drug-likeness (QED) is 0.703. The Labute approximate surface area is 108 Å². The number of anilines is 1. The molecule has 0 saturated carbocycles. The van der Waals surface area contributed by atoms with Crippen molar-refractivity contribution in [3.8, 4) is 11.5 Å². The summed E-state index contributed by atoms with van der Waals surface area (Å²) in [5.74, 6) is 1.47. The van der Waals surface area contributed by atoms with Gasteiger partial charge < -0.3 is 25.5 Å². The number of nitrogens with one attached hydrogen (secondary N) is 2. The standard InChI is InChI=1S/C12H12N4O3/c13-8-4-10-9(18-6-19-10)3-7(8)12(17)16-5-11-14-1-2-15-11/h1-4H,5-6,13H2,(H,14,15)(H,16,17). The number of nitrogens with two attached hydrogens (primary N) is 1. The molecule has 19 heavy (non-hydrogen) atoms. The van der Waals surface area contributed by atoms with E-state index >= 15 is 0 Å². The third-order valence-electron chi connectivity index (χ3n) is 2.76. The van der Waals surface area contributed by atoms with Gasteiger partial charge in [0.2, 0.25) is 6.79 Å². The van der Waals surface area contributed by atoms with Crippen LogP contribution in [0.15, 0.2) is 24.5 Å². The monoisotopic (exact) mass is 260 g/mol. The minimum absolute atomic E-state index is 0.145. The van der Waals surface area contributed by atoms with Crippen molar-refractivity contribution in [2.45, 2.75) is 6.54 Å². The van der Waals surface area contributed by atoms with Gasteiger partial charge in [-0.15, -0.1) is 0 Å². The predicted octanol–water partition coefficient (Wildman–Crippen LogP) is 0.651. The van der Waals surface area contributed by atoms with Crippen molar-refractivity contribution in [1.29, 1.82) is 0 Å². The third kappa shape index (κ3) is 2.17. The van der Waals surface area contributed by atoms with E-state index < -0.39 is 0 Å². The van der Waals surface area contributed by atoms with Crippen LogP contribution >= 0.6 is 0 Å². The van der Waals surface area contributed by atoms with Crippen LogP contribution in [0.25, 0.3) is 0 Å². The molecular weight excluding hydrogens is 248 g/mol. The van der Waals surface area contributed by atoms with Crippen molar-refractivity contribution in [1.82, 2.24) is 15.3 Å². The number of rotatable bonds is 3. The van der Waals surface area contributed by atoms with E-state index in [4.69, 9.17) is 15.2 Å². The van der Waals surface area contributed by atoms with E-state index in [0.29, 0.717) is 35.1 Å². The van der Waals surface area contributed by atoms with Gasteiger partial charge in [0.1, 0.15) is 5.82 Å². The zero-order valence-corrected chi connectivity index (χ0v) is 9.97. The highest BCUT2D eigenvalue weighted by Crippen LogP contribution is 2.35. The number of carbonyl (C=O) groups is 1. The fraction of sp³-hybridized carbons (Fsp3) is 0.167. The number of nitrogens with zero attached hydrogens (tertiary/aromatic N) is 1. The summed E-state index contributed by atoms with van der Waals surface area (Å²) < 4.78 is 10.4. The van der Waals surface area contributed by atoms with Crippen molar-refractivity contribution in [2.75, 3.05) is 12.5 Å². The number of H-pyrrole nitrogens is 1. The number of imidazole rings is 1. The van der Waals surface area contributed by atoms with E-state index in [1.807, 2.05) is 0 Å². The van der Waals surface area contributed by atoms with Crippen LogP contribution in [-0.4, -0.2) is 22.7 Å². The second-order valence-electron chi connectivity index (χ2n) is 4.01. The highest BCUT2D eigenvalue weighted by atomic mass is 16.7. The van der Waals surface area contributed by atoms with E-state index in [1.165, 1.54) is 0 Å². The third-order valence-corrected chi connectivity index (χ3v) is 2.76. The van der Waals surface area contributed by atoms with E-state index in [9.17, 15) is 4.79 Å². The highest BCUT2D eigenvalue weighted by molar-refractivity contribution is 6.00. The van der Waals surface area contributed by atoms with E-state index in [0.717, 1.165) is 0 Å².